The number of hydrogen-bond donors (Lipinski definition) is 0. The summed E-state index contributed by atoms with van der Waals surface area (Å²) in [6.45, 7) is 5.85. The van der Waals surface area contributed by atoms with E-state index in [-0.39, 0.29) is 28.0 Å². The lowest BCUT2D eigenvalue weighted by Crippen LogP contribution is -2.17. The second kappa shape index (κ2) is 4.85. The zero-order valence-electron chi connectivity index (χ0n) is 10.3. The minimum atomic E-state index is -0.378. The second-order valence-electron chi connectivity index (χ2n) is 4.58. The smallest absolute Gasteiger partial charge is 0.352 e. The molecule has 0 bridgehead atoms. The summed E-state index contributed by atoms with van der Waals surface area (Å²) in [5.41, 5.74) is 0.490. The van der Waals surface area contributed by atoms with E-state index in [4.69, 9.17) is 11.6 Å². The Morgan fingerprint density at radius 3 is 2.67 bits per heavy atom. The minimum absolute atomic E-state index is 0.0393. The van der Waals surface area contributed by atoms with Crippen LogP contribution in [0.5, 0.6) is 0 Å². The molecule has 2 heterocycles. The lowest BCUT2D eigenvalue weighted by molar-refractivity contribution is -0.391. The molecule has 2 aromatic heterocycles. The second-order valence-corrected chi connectivity index (χ2v) is 6.14. The Morgan fingerprint density at radius 1 is 1.50 bits per heavy atom. The minimum Gasteiger partial charge on any atom is -0.358 e. The fourth-order valence-electron chi connectivity index (χ4n) is 2.26. The van der Waals surface area contributed by atoms with E-state index in [1.165, 1.54) is 15.7 Å². The number of imidazole rings is 1. The van der Waals surface area contributed by atoms with Crippen molar-refractivity contribution in [3.63, 3.8) is 0 Å². The van der Waals surface area contributed by atoms with Gasteiger partial charge in [0.2, 0.25) is 0 Å². The Hall–Kier alpha value is -1.14. The third-order valence-electron chi connectivity index (χ3n) is 2.96. The predicted octanol–water partition coefficient (Wildman–Crippen LogP) is 3.67. The third-order valence-corrected chi connectivity index (χ3v) is 3.99. The van der Waals surface area contributed by atoms with Crippen molar-refractivity contribution in [2.24, 2.45) is 5.92 Å². The maximum Gasteiger partial charge on any atom is 0.352 e. The van der Waals surface area contributed by atoms with Gasteiger partial charge in [-0.1, -0.05) is 25.2 Å². The topological polar surface area (TPSA) is 60.4 Å². The van der Waals surface area contributed by atoms with Gasteiger partial charge in [-0.05, 0) is 17.8 Å². The van der Waals surface area contributed by atoms with Gasteiger partial charge >= 0.3 is 5.82 Å². The molecule has 0 fully saturated rings. The highest BCUT2D eigenvalue weighted by Crippen LogP contribution is 2.37. The van der Waals surface area contributed by atoms with Crippen LogP contribution in [0.1, 0.15) is 32.4 Å². The van der Waals surface area contributed by atoms with Gasteiger partial charge in [0.05, 0.1) is 0 Å². The summed E-state index contributed by atoms with van der Waals surface area (Å²) < 4.78 is 1.52. The van der Waals surface area contributed by atoms with Crippen LogP contribution in [-0.4, -0.2) is 19.7 Å². The quantitative estimate of drug-likeness (QED) is 0.490. The van der Waals surface area contributed by atoms with Crippen molar-refractivity contribution >= 4 is 33.7 Å². The fraction of sp³-hybridized carbons (Fsp3) is 0.545. The summed E-state index contributed by atoms with van der Waals surface area (Å²) in [6, 6.07) is 0. The molecular formula is C11H14ClN3O2S. The van der Waals surface area contributed by atoms with Gasteiger partial charge in [0.1, 0.15) is 11.9 Å². The van der Waals surface area contributed by atoms with Crippen LogP contribution in [0.3, 0.4) is 0 Å². The first-order valence-electron chi connectivity index (χ1n) is 5.67. The van der Waals surface area contributed by atoms with E-state index in [1.54, 1.807) is 11.6 Å². The highest BCUT2D eigenvalue weighted by Gasteiger charge is 2.33. The zero-order valence-corrected chi connectivity index (χ0v) is 11.9. The molecule has 0 spiro atoms. The largest absolute Gasteiger partial charge is 0.358 e. The third kappa shape index (κ3) is 2.10. The van der Waals surface area contributed by atoms with Gasteiger partial charge in [0.25, 0.3) is 4.96 Å². The number of nitro groups is 1. The number of thiazole rings is 1. The monoisotopic (exact) mass is 287 g/mol. The lowest BCUT2D eigenvalue weighted by Gasteiger charge is -2.20. The molecule has 2 aromatic rings. The summed E-state index contributed by atoms with van der Waals surface area (Å²) in [6.07, 6.45) is 1.67. The van der Waals surface area contributed by atoms with Crippen LogP contribution < -0.4 is 0 Å². The summed E-state index contributed by atoms with van der Waals surface area (Å²) >= 11 is 7.56. The standard InChI is InChI=1S/C11H14ClN3O2S/c1-6(2)8(7(3)12)9-10(15(16)17)14-4-5-18-11(14)13-9/h4-8H,1-3H3. The molecule has 0 saturated carbocycles. The summed E-state index contributed by atoms with van der Waals surface area (Å²) in [5.74, 6) is 0.109. The number of halogens is 1. The van der Waals surface area contributed by atoms with Gasteiger partial charge in [-0.15, -0.1) is 11.6 Å². The van der Waals surface area contributed by atoms with Crippen molar-refractivity contribution in [1.29, 1.82) is 0 Å². The molecule has 0 aliphatic rings. The fourth-order valence-corrected chi connectivity index (χ4v) is 3.39. The van der Waals surface area contributed by atoms with Crippen LogP contribution in [0.2, 0.25) is 0 Å². The normalized spacial score (nSPS) is 15.2. The Balaban J connectivity index is 2.65. The van der Waals surface area contributed by atoms with Gasteiger partial charge in [-0.25, -0.2) is 0 Å². The highest BCUT2D eigenvalue weighted by atomic mass is 35.5. The Labute approximate surface area is 114 Å². The highest BCUT2D eigenvalue weighted by molar-refractivity contribution is 7.15. The molecule has 0 amide bonds. The van der Waals surface area contributed by atoms with Gasteiger partial charge in [0.15, 0.2) is 0 Å². The van der Waals surface area contributed by atoms with E-state index in [0.29, 0.717) is 10.7 Å². The molecule has 2 unspecified atom stereocenters. The van der Waals surface area contributed by atoms with Crippen LogP contribution in [0, 0.1) is 16.0 Å². The molecule has 0 N–H and O–H groups in total. The van der Waals surface area contributed by atoms with E-state index >= 15 is 0 Å². The van der Waals surface area contributed by atoms with Crippen molar-refractivity contribution < 1.29 is 4.92 Å². The van der Waals surface area contributed by atoms with Crippen LogP contribution >= 0.6 is 22.9 Å². The van der Waals surface area contributed by atoms with Crippen molar-refractivity contribution in [3.05, 3.63) is 27.4 Å². The molecule has 2 rings (SSSR count). The number of aromatic nitrogens is 2. The molecule has 0 aromatic carbocycles. The van der Waals surface area contributed by atoms with E-state index < -0.39 is 0 Å². The predicted molar refractivity (Wildman–Crippen MR) is 72.6 cm³/mol. The lowest BCUT2D eigenvalue weighted by atomic mass is 9.89. The molecule has 0 radical (unpaired) electrons. The first kappa shape index (κ1) is 13.3. The first-order chi connectivity index (χ1) is 8.43. The zero-order chi connectivity index (χ0) is 13.4. The van der Waals surface area contributed by atoms with Gasteiger partial charge in [-0.2, -0.15) is 9.38 Å². The molecule has 0 aliphatic carbocycles. The summed E-state index contributed by atoms with van der Waals surface area (Å²) in [5, 5.41) is 12.8. The molecule has 2 atom stereocenters. The number of alkyl halides is 1. The SMILES string of the molecule is CC(C)C(c1nc2sccn2c1[N+](=O)[O-])C(C)Cl. The first-order valence-corrected chi connectivity index (χ1v) is 6.99. The van der Waals surface area contributed by atoms with Crippen molar-refractivity contribution in [3.8, 4) is 0 Å². The van der Waals surface area contributed by atoms with Gasteiger partial charge in [0, 0.05) is 16.7 Å². The molecule has 5 nitrogen and oxygen atoms in total. The van der Waals surface area contributed by atoms with Crippen molar-refractivity contribution in [2.75, 3.05) is 0 Å². The Bertz CT molecular complexity index is 568. The maximum atomic E-state index is 11.3. The molecular weight excluding hydrogens is 274 g/mol. The Kier molecular flexibility index (Phi) is 3.59. The maximum absolute atomic E-state index is 11.3. The summed E-state index contributed by atoms with van der Waals surface area (Å²) in [7, 11) is 0. The average Bonchev–Trinajstić information content (AvgIpc) is 2.74. The van der Waals surface area contributed by atoms with Gasteiger partial charge in [-0.3, -0.25) is 0 Å². The number of nitrogens with zero attached hydrogens (tertiary/aromatic N) is 3. The van der Waals surface area contributed by atoms with E-state index in [9.17, 15) is 10.1 Å². The van der Waals surface area contributed by atoms with E-state index in [2.05, 4.69) is 4.98 Å². The van der Waals surface area contributed by atoms with E-state index in [1.807, 2.05) is 20.8 Å². The molecule has 18 heavy (non-hydrogen) atoms. The number of hydrogen-bond acceptors (Lipinski definition) is 4. The van der Waals surface area contributed by atoms with Crippen LogP contribution in [0.15, 0.2) is 11.6 Å². The summed E-state index contributed by atoms with van der Waals surface area (Å²) in [4.78, 5) is 15.9. The average molecular weight is 288 g/mol. The molecule has 0 aliphatic heterocycles. The van der Waals surface area contributed by atoms with Crippen LogP contribution in [-0.2, 0) is 0 Å². The molecule has 7 heteroatoms. The van der Waals surface area contributed by atoms with Crippen LogP contribution in [0.4, 0.5) is 5.82 Å². The number of rotatable bonds is 4. The Morgan fingerprint density at radius 2 is 2.17 bits per heavy atom. The molecule has 98 valence electrons. The molecule has 0 saturated heterocycles. The number of fused-ring (bicyclic) bond motifs is 1. The van der Waals surface area contributed by atoms with Crippen LogP contribution in [0.25, 0.3) is 4.96 Å². The van der Waals surface area contributed by atoms with E-state index in [0.717, 1.165) is 0 Å². The van der Waals surface area contributed by atoms with Crippen molar-refractivity contribution in [1.82, 2.24) is 9.38 Å². The van der Waals surface area contributed by atoms with Crippen molar-refractivity contribution in [2.45, 2.75) is 32.1 Å². The van der Waals surface area contributed by atoms with Gasteiger partial charge < -0.3 is 10.1 Å².